The second-order valence-corrected chi connectivity index (χ2v) is 6.23. The van der Waals surface area contributed by atoms with Gasteiger partial charge in [0.2, 0.25) is 0 Å². The first-order chi connectivity index (χ1) is 12.1. The molecule has 1 fully saturated rings. The number of carbonyl (C=O) groups excluding carboxylic acids is 2. The van der Waals surface area contributed by atoms with Crippen LogP contribution in [-0.2, 0) is 14.3 Å². The van der Waals surface area contributed by atoms with E-state index in [4.69, 9.17) is 21.1 Å². The molecule has 1 aromatic carbocycles. The van der Waals surface area contributed by atoms with Crippen molar-refractivity contribution in [2.75, 3.05) is 40.0 Å². The first kappa shape index (κ1) is 17.7. The molecular formula is C17H20ClN3O4. The smallest absolute Gasteiger partial charge is 0.338 e. The minimum atomic E-state index is -0.661. The Morgan fingerprint density at radius 1 is 1.36 bits per heavy atom. The van der Waals surface area contributed by atoms with Crippen LogP contribution in [0.3, 0.4) is 0 Å². The largest absolute Gasteiger partial charge is 0.466 e. The number of halogens is 1. The average molecular weight is 366 g/mol. The van der Waals surface area contributed by atoms with E-state index < -0.39 is 12.0 Å². The van der Waals surface area contributed by atoms with Crippen LogP contribution >= 0.6 is 11.6 Å². The highest BCUT2D eigenvalue weighted by Gasteiger charge is 2.35. The molecule has 134 valence electrons. The van der Waals surface area contributed by atoms with Crippen molar-refractivity contribution in [3.05, 3.63) is 46.1 Å². The minimum Gasteiger partial charge on any atom is -0.466 e. The normalized spacial score (nSPS) is 21.5. The number of ether oxygens (including phenoxy) is 2. The Kier molecular flexibility index (Phi) is 5.57. The van der Waals surface area contributed by atoms with Gasteiger partial charge in [-0.05, 0) is 11.6 Å². The van der Waals surface area contributed by atoms with E-state index in [1.165, 1.54) is 7.11 Å². The van der Waals surface area contributed by atoms with Crippen LogP contribution in [0.25, 0.3) is 0 Å². The molecule has 2 heterocycles. The fourth-order valence-corrected chi connectivity index (χ4v) is 3.26. The van der Waals surface area contributed by atoms with Crippen molar-refractivity contribution in [2.24, 2.45) is 0 Å². The zero-order chi connectivity index (χ0) is 17.8. The lowest BCUT2D eigenvalue weighted by Gasteiger charge is -2.33. The van der Waals surface area contributed by atoms with Crippen molar-refractivity contribution in [1.29, 1.82) is 0 Å². The highest BCUT2D eigenvalue weighted by Crippen LogP contribution is 2.32. The van der Waals surface area contributed by atoms with Crippen LogP contribution in [0.2, 0.25) is 5.02 Å². The van der Waals surface area contributed by atoms with Crippen LogP contribution in [0.15, 0.2) is 35.5 Å². The second kappa shape index (κ2) is 7.86. The summed E-state index contributed by atoms with van der Waals surface area (Å²) in [5.74, 6) is -0.499. The molecule has 2 aliphatic heterocycles. The molecule has 8 heteroatoms. The molecule has 2 amide bonds. The number of hydrogen-bond donors (Lipinski definition) is 2. The highest BCUT2D eigenvalue weighted by molar-refractivity contribution is 6.31. The Balaban J connectivity index is 2.00. The number of methoxy groups -OCH3 is 1. The average Bonchev–Trinajstić information content (AvgIpc) is 2.62. The summed E-state index contributed by atoms with van der Waals surface area (Å²) in [6.45, 7) is 3.15. The van der Waals surface area contributed by atoms with Crippen LogP contribution in [-0.4, -0.2) is 56.9 Å². The summed E-state index contributed by atoms with van der Waals surface area (Å²) in [7, 11) is 1.32. The summed E-state index contributed by atoms with van der Waals surface area (Å²) in [6.07, 6.45) is 0. The number of rotatable bonds is 4. The highest BCUT2D eigenvalue weighted by atomic mass is 35.5. The van der Waals surface area contributed by atoms with Crippen molar-refractivity contribution < 1.29 is 19.1 Å². The van der Waals surface area contributed by atoms with Crippen molar-refractivity contribution >= 4 is 23.6 Å². The molecule has 25 heavy (non-hydrogen) atoms. The molecule has 1 aromatic rings. The van der Waals surface area contributed by atoms with Crippen LogP contribution in [0.1, 0.15) is 11.6 Å². The number of nitrogens with zero attached hydrogens (tertiary/aromatic N) is 1. The fraction of sp³-hybridized carbons (Fsp3) is 0.412. The Labute approximate surface area is 150 Å². The third-order valence-corrected chi connectivity index (χ3v) is 4.60. The molecule has 2 aliphatic rings. The van der Waals surface area contributed by atoms with Gasteiger partial charge in [-0.1, -0.05) is 29.8 Å². The molecule has 0 radical (unpaired) electrons. The Morgan fingerprint density at radius 3 is 2.76 bits per heavy atom. The quantitative estimate of drug-likeness (QED) is 0.789. The zero-order valence-corrected chi connectivity index (χ0v) is 14.6. The number of nitrogens with one attached hydrogen (secondary N) is 2. The second-order valence-electron chi connectivity index (χ2n) is 5.83. The van der Waals surface area contributed by atoms with Gasteiger partial charge in [-0.25, -0.2) is 9.59 Å². The van der Waals surface area contributed by atoms with Gasteiger partial charge < -0.3 is 20.1 Å². The van der Waals surface area contributed by atoms with E-state index in [9.17, 15) is 9.59 Å². The summed E-state index contributed by atoms with van der Waals surface area (Å²) < 4.78 is 10.3. The van der Waals surface area contributed by atoms with Crippen molar-refractivity contribution in [1.82, 2.24) is 15.5 Å². The molecule has 0 saturated carbocycles. The number of hydrogen-bond acceptors (Lipinski definition) is 5. The van der Waals surface area contributed by atoms with E-state index in [2.05, 4.69) is 15.5 Å². The van der Waals surface area contributed by atoms with Crippen molar-refractivity contribution in [3.63, 3.8) is 0 Å². The maximum atomic E-state index is 12.5. The Bertz CT molecular complexity index is 701. The molecule has 2 N–H and O–H groups in total. The lowest BCUT2D eigenvalue weighted by molar-refractivity contribution is -0.136. The first-order valence-corrected chi connectivity index (χ1v) is 8.41. The fourth-order valence-electron chi connectivity index (χ4n) is 3.02. The molecule has 3 rings (SSSR count). The summed E-state index contributed by atoms with van der Waals surface area (Å²) in [5, 5.41) is 5.99. The van der Waals surface area contributed by atoms with Crippen LogP contribution < -0.4 is 10.6 Å². The number of amides is 2. The van der Waals surface area contributed by atoms with Gasteiger partial charge in [-0.2, -0.15) is 0 Å². The number of morpholine rings is 1. The van der Waals surface area contributed by atoms with Gasteiger partial charge in [0.15, 0.2) is 0 Å². The van der Waals surface area contributed by atoms with Gasteiger partial charge in [0, 0.05) is 30.4 Å². The van der Waals surface area contributed by atoms with Gasteiger partial charge in [0.25, 0.3) is 0 Å². The monoisotopic (exact) mass is 365 g/mol. The Hall–Kier alpha value is -2.09. The van der Waals surface area contributed by atoms with Gasteiger partial charge >= 0.3 is 12.0 Å². The van der Waals surface area contributed by atoms with E-state index >= 15 is 0 Å². The molecule has 0 spiro atoms. The lowest BCUT2D eigenvalue weighted by Crippen LogP contribution is -2.49. The third-order valence-electron chi connectivity index (χ3n) is 4.26. The SMILES string of the molecule is COC(=O)C1=C(CN2CCOCC2)NC(=O)N[C@@H]1c1ccccc1Cl. The predicted octanol–water partition coefficient (Wildman–Crippen LogP) is 1.45. The van der Waals surface area contributed by atoms with E-state index in [1.54, 1.807) is 18.2 Å². The topological polar surface area (TPSA) is 79.9 Å². The summed E-state index contributed by atoms with van der Waals surface area (Å²) in [5.41, 5.74) is 1.54. The van der Waals surface area contributed by atoms with Crippen molar-refractivity contribution in [2.45, 2.75) is 6.04 Å². The number of benzene rings is 1. The van der Waals surface area contributed by atoms with Crippen molar-refractivity contribution in [3.8, 4) is 0 Å². The number of urea groups is 1. The molecule has 0 aromatic heterocycles. The number of carbonyl (C=O) groups is 2. The molecule has 0 unspecified atom stereocenters. The van der Waals surface area contributed by atoms with Gasteiger partial charge in [0.1, 0.15) is 0 Å². The standard InChI is InChI=1S/C17H20ClN3O4/c1-24-16(22)14-13(10-21-6-8-25-9-7-21)19-17(23)20-15(14)11-4-2-3-5-12(11)18/h2-5,15H,6-10H2,1H3,(H2,19,20,23)/t15-/m1/s1. The van der Waals surface area contributed by atoms with Gasteiger partial charge in [-0.15, -0.1) is 0 Å². The maximum absolute atomic E-state index is 12.5. The third kappa shape index (κ3) is 3.95. The molecule has 7 nitrogen and oxygen atoms in total. The van der Waals surface area contributed by atoms with Gasteiger partial charge in [0.05, 0.1) is 31.9 Å². The van der Waals surface area contributed by atoms with Gasteiger partial charge in [-0.3, -0.25) is 4.90 Å². The van der Waals surface area contributed by atoms with Crippen LogP contribution in [0.4, 0.5) is 4.79 Å². The van der Waals surface area contributed by atoms with E-state index in [0.29, 0.717) is 41.6 Å². The maximum Gasteiger partial charge on any atom is 0.338 e. The molecule has 1 saturated heterocycles. The zero-order valence-electron chi connectivity index (χ0n) is 13.9. The summed E-state index contributed by atoms with van der Waals surface area (Å²) >= 11 is 6.28. The van der Waals surface area contributed by atoms with Crippen LogP contribution in [0.5, 0.6) is 0 Å². The van der Waals surface area contributed by atoms with E-state index in [-0.39, 0.29) is 6.03 Å². The van der Waals surface area contributed by atoms with E-state index in [0.717, 1.165) is 13.1 Å². The molecule has 1 atom stereocenters. The van der Waals surface area contributed by atoms with E-state index in [1.807, 2.05) is 6.07 Å². The summed E-state index contributed by atoms with van der Waals surface area (Å²) in [4.78, 5) is 26.8. The lowest BCUT2D eigenvalue weighted by atomic mass is 9.95. The number of esters is 1. The first-order valence-electron chi connectivity index (χ1n) is 8.03. The minimum absolute atomic E-state index is 0.363. The molecular weight excluding hydrogens is 346 g/mol. The summed E-state index contributed by atoms with van der Waals surface area (Å²) in [6, 6.07) is 6.08. The molecule has 0 bridgehead atoms. The Morgan fingerprint density at radius 2 is 2.08 bits per heavy atom. The van der Waals surface area contributed by atoms with Crippen LogP contribution in [0, 0.1) is 0 Å². The predicted molar refractivity (Wildman–Crippen MR) is 92.2 cm³/mol. The molecule has 0 aliphatic carbocycles.